The van der Waals surface area contributed by atoms with E-state index in [9.17, 15) is 21.6 Å². The molecule has 7 nitrogen and oxygen atoms in total. The lowest BCUT2D eigenvalue weighted by Crippen LogP contribution is -2.39. The van der Waals surface area contributed by atoms with Crippen LogP contribution in [0.25, 0.3) is 0 Å². The summed E-state index contributed by atoms with van der Waals surface area (Å²) in [6.07, 6.45) is -2.56. The van der Waals surface area contributed by atoms with Crippen LogP contribution in [0.5, 0.6) is 11.8 Å². The summed E-state index contributed by atoms with van der Waals surface area (Å²) in [5.74, 6) is -0.479. The maximum Gasteiger partial charge on any atom is 0.573 e. The summed E-state index contributed by atoms with van der Waals surface area (Å²) in [5, 5.41) is 0. The lowest BCUT2D eigenvalue weighted by Gasteiger charge is -2.28. The Balaban J connectivity index is 1.54. The molecule has 0 saturated heterocycles. The summed E-state index contributed by atoms with van der Waals surface area (Å²) in [6.45, 7) is 3.71. The van der Waals surface area contributed by atoms with Gasteiger partial charge in [0, 0.05) is 17.4 Å². The van der Waals surface area contributed by atoms with Crippen LogP contribution in [0.4, 0.5) is 13.2 Å². The maximum atomic E-state index is 12.5. The van der Waals surface area contributed by atoms with E-state index in [1.807, 2.05) is 19.9 Å². The molecular weight excluding hydrogens is 423 g/mol. The molecule has 1 heterocycles. The highest BCUT2D eigenvalue weighted by molar-refractivity contribution is 7.89. The third-order valence-electron chi connectivity index (χ3n) is 4.60. The zero-order valence-corrected chi connectivity index (χ0v) is 17.3. The number of halogens is 3. The maximum absolute atomic E-state index is 12.5. The van der Waals surface area contributed by atoms with Crippen LogP contribution in [-0.4, -0.2) is 36.9 Å². The van der Waals surface area contributed by atoms with Crippen molar-refractivity contribution in [2.24, 2.45) is 0 Å². The number of ether oxygens (including phenoxy) is 2. The van der Waals surface area contributed by atoms with Crippen LogP contribution < -0.4 is 14.2 Å². The van der Waals surface area contributed by atoms with E-state index in [0.29, 0.717) is 31.7 Å². The van der Waals surface area contributed by atoms with Crippen molar-refractivity contribution in [1.29, 1.82) is 0 Å². The molecule has 0 amide bonds. The van der Waals surface area contributed by atoms with Crippen molar-refractivity contribution in [3.8, 4) is 11.8 Å². The minimum Gasteiger partial charge on any atom is -0.460 e. The number of alkyl halides is 3. The normalized spacial score (nSPS) is 20.0. The van der Waals surface area contributed by atoms with E-state index in [-0.39, 0.29) is 17.0 Å². The molecule has 1 aliphatic rings. The number of aromatic nitrogens is 2. The highest BCUT2D eigenvalue weighted by Gasteiger charge is 2.31. The molecule has 0 bridgehead atoms. The van der Waals surface area contributed by atoms with Crippen LogP contribution in [0.2, 0.25) is 0 Å². The molecule has 1 aliphatic carbocycles. The predicted octanol–water partition coefficient (Wildman–Crippen LogP) is 3.66. The van der Waals surface area contributed by atoms with Gasteiger partial charge in [-0.2, -0.15) is 0 Å². The quantitative estimate of drug-likeness (QED) is 0.730. The highest BCUT2D eigenvalue weighted by Crippen LogP contribution is 2.26. The van der Waals surface area contributed by atoms with E-state index in [0.717, 1.165) is 35.7 Å². The summed E-state index contributed by atoms with van der Waals surface area (Å²) in [6, 6.07) is 5.97. The van der Waals surface area contributed by atoms with Gasteiger partial charge >= 0.3 is 12.4 Å². The van der Waals surface area contributed by atoms with Crippen molar-refractivity contribution >= 4 is 10.0 Å². The SMILES string of the molecule is Cc1cc(C)nc(OC2CCC(NS(=O)(=O)c3ccc(OC(F)(F)F)cc3)CC2)n1. The molecule has 1 aromatic carbocycles. The summed E-state index contributed by atoms with van der Waals surface area (Å²) in [4.78, 5) is 8.37. The molecule has 0 unspecified atom stereocenters. The zero-order valence-electron chi connectivity index (χ0n) is 16.4. The Kier molecular flexibility index (Phi) is 6.51. The van der Waals surface area contributed by atoms with Gasteiger partial charge in [-0.05, 0) is 69.9 Å². The highest BCUT2D eigenvalue weighted by atomic mass is 32.2. The minimum absolute atomic E-state index is 0.106. The third-order valence-corrected chi connectivity index (χ3v) is 6.13. The summed E-state index contributed by atoms with van der Waals surface area (Å²) < 4.78 is 73.9. The summed E-state index contributed by atoms with van der Waals surface area (Å²) in [5.41, 5.74) is 1.62. The Morgan fingerprint density at radius 1 is 1.00 bits per heavy atom. The molecule has 1 aromatic heterocycles. The van der Waals surface area contributed by atoms with Crippen LogP contribution in [0, 0.1) is 13.8 Å². The average molecular weight is 445 g/mol. The van der Waals surface area contributed by atoms with Crippen LogP contribution in [0.3, 0.4) is 0 Å². The van der Waals surface area contributed by atoms with Crippen molar-refractivity contribution in [3.05, 3.63) is 41.7 Å². The Labute approximate surface area is 172 Å². The number of hydrogen-bond acceptors (Lipinski definition) is 6. The Morgan fingerprint density at radius 3 is 2.10 bits per heavy atom. The van der Waals surface area contributed by atoms with Gasteiger partial charge in [0.15, 0.2) is 0 Å². The van der Waals surface area contributed by atoms with E-state index in [2.05, 4.69) is 19.4 Å². The van der Waals surface area contributed by atoms with Crippen LogP contribution in [0.15, 0.2) is 35.2 Å². The fourth-order valence-electron chi connectivity index (χ4n) is 3.30. The number of benzene rings is 1. The molecule has 11 heteroatoms. The second kappa shape index (κ2) is 8.76. The predicted molar refractivity (Wildman–Crippen MR) is 102 cm³/mol. The topological polar surface area (TPSA) is 90.4 Å². The lowest BCUT2D eigenvalue weighted by atomic mass is 9.94. The fraction of sp³-hybridized carbons (Fsp3) is 0.474. The molecule has 0 spiro atoms. The lowest BCUT2D eigenvalue weighted by molar-refractivity contribution is -0.274. The first-order chi connectivity index (χ1) is 14.0. The molecule has 0 aliphatic heterocycles. The first-order valence-corrected chi connectivity index (χ1v) is 10.9. The number of nitrogens with one attached hydrogen (secondary N) is 1. The van der Waals surface area contributed by atoms with Crippen molar-refractivity contribution in [2.75, 3.05) is 0 Å². The van der Waals surface area contributed by atoms with Crippen LogP contribution in [0.1, 0.15) is 37.1 Å². The van der Waals surface area contributed by atoms with E-state index in [1.165, 1.54) is 0 Å². The number of nitrogens with zero attached hydrogens (tertiary/aromatic N) is 2. The first kappa shape index (κ1) is 22.3. The standard InChI is InChI=1S/C19H22F3N3O4S/c1-12-11-13(2)24-18(23-12)28-15-5-3-14(4-6-15)25-30(26,27)17-9-7-16(8-10-17)29-19(20,21)22/h7-11,14-15,25H,3-6H2,1-2H3. The van der Waals surface area contributed by atoms with Crippen molar-refractivity contribution in [1.82, 2.24) is 14.7 Å². The summed E-state index contributed by atoms with van der Waals surface area (Å²) in [7, 11) is -3.86. The fourth-order valence-corrected chi connectivity index (χ4v) is 4.61. The van der Waals surface area contributed by atoms with Gasteiger partial charge in [-0.25, -0.2) is 23.1 Å². The van der Waals surface area contributed by atoms with Gasteiger partial charge in [0.1, 0.15) is 11.9 Å². The monoisotopic (exact) mass is 445 g/mol. The minimum atomic E-state index is -4.83. The van der Waals surface area contributed by atoms with Crippen molar-refractivity contribution in [2.45, 2.75) is 62.9 Å². The van der Waals surface area contributed by atoms with Gasteiger partial charge in [-0.1, -0.05) is 0 Å². The Morgan fingerprint density at radius 2 is 1.57 bits per heavy atom. The molecule has 30 heavy (non-hydrogen) atoms. The number of sulfonamides is 1. The molecule has 1 N–H and O–H groups in total. The third kappa shape index (κ3) is 6.30. The van der Waals surface area contributed by atoms with Crippen molar-refractivity contribution in [3.63, 3.8) is 0 Å². The Hall–Kier alpha value is -2.40. The van der Waals surface area contributed by atoms with Gasteiger partial charge in [-0.3, -0.25) is 0 Å². The molecule has 1 fully saturated rings. The molecule has 0 radical (unpaired) electrons. The molecule has 164 valence electrons. The smallest absolute Gasteiger partial charge is 0.460 e. The number of rotatable bonds is 6. The van der Waals surface area contributed by atoms with Gasteiger partial charge < -0.3 is 9.47 Å². The van der Waals surface area contributed by atoms with Gasteiger partial charge in [0.25, 0.3) is 0 Å². The largest absolute Gasteiger partial charge is 0.573 e. The van der Waals surface area contributed by atoms with E-state index < -0.39 is 22.1 Å². The molecule has 2 aromatic rings. The Bertz CT molecular complexity index is 953. The van der Waals surface area contributed by atoms with Gasteiger partial charge in [0.2, 0.25) is 10.0 Å². The zero-order chi connectivity index (χ0) is 21.9. The number of aryl methyl sites for hydroxylation is 2. The molecule has 1 saturated carbocycles. The van der Waals surface area contributed by atoms with Crippen LogP contribution >= 0.6 is 0 Å². The number of hydrogen-bond donors (Lipinski definition) is 1. The second-order valence-electron chi connectivity index (χ2n) is 7.17. The second-order valence-corrected chi connectivity index (χ2v) is 8.88. The van der Waals surface area contributed by atoms with Crippen LogP contribution in [-0.2, 0) is 10.0 Å². The van der Waals surface area contributed by atoms with Gasteiger partial charge in [0.05, 0.1) is 4.90 Å². The molecule has 3 rings (SSSR count). The summed E-state index contributed by atoms with van der Waals surface area (Å²) >= 11 is 0. The molecule has 0 atom stereocenters. The van der Waals surface area contributed by atoms with E-state index in [4.69, 9.17) is 4.74 Å². The van der Waals surface area contributed by atoms with E-state index in [1.54, 1.807) is 0 Å². The van der Waals surface area contributed by atoms with Gasteiger partial charge in [-0.15, -0.1) is 13.2 Å². The van der Waals surface area contributed by atoms with E-state index >= 15 is 0 Å². The first-order valence-electron chi connectivity index (χ1n) is 9.37. The average Bonchev–Trinajstić information content (AvgIpc) is 2.61. The van der Waals surface area contributed by atoms with Crippen molar-refractivity contribution < 1.29 is 31.1 Å². The molecular formula is C19H22F3N3O4S.